The molecule has 0 unspecified atom stereocenters. The number of benzene rings is 2. The molecular formula is C21H21N3O4S. The number of thioether (sulfide) groups is 1. The number of para-hydroxylation sites is 1. The molecule has 0 atom stereocenters. The number of hydrogen-bond donors (Lipinski definition) is 1. The lowest BCUT2D eigenvalue weighted by atomic mass is 10.1. The molecule has 0 aliphatic carbocycles. The first-order valence-electron chi connectivity index (χ1n) is 9.08. The van der Waals surface area contributed by atoms with Gasteiger partial charge in [-0.25, -0.2) is 4.98 Å². The zero-order valence-electron chi connectivity index (χ0n) is 16.0. The second-order valence-electron chi connectivity index (χ2n) is 6.25. The van der Waals surface area contributed by atoms with Gasteiger partial charge in [-0.05, 0) is 24.1 Å². The zero-order valence-corrected chi connectivity index (χ0v) is 16.8. The fourth-order valence-corrected chi connectivity index (χ4v) is 3.59. The highest BCUT2D eigenvalue weighted by atomic mass is 32.2. The van der Waals surface area contributed by atoms with Gasteiger partial charge in [-0.2, -0.15) is 0 Å². The molecule has 1 amide bonds. The van der Waals surface area contributed by atoms with Crippen molar-refractivity contribution in [1.29, 1.82) is 0 Å². The molecule has 150 valence electrons. The van der Waals surface area contributed by atoms with Gasteiger partial charge in [-0.1, -0.05) is 54.2 Å². The first kappa shape index (κ1) is 20.6. The van der Waals surface area contributed by atoms with Crippen LogP contribution in [0.3, 0.4) is 0 Å². The van der Waals surface area contributed by atoms with E-state index < -0.39 is 5.97 Å². The highest BCUT2D eigenvalue weighted by Crippen LogP contribution is 2.17. The monoisotopic (exact) mass is 411 g/mol. The summed E-state index contributed by atoms with van der Waals surface area (Å²) < 4.78 is 5.93. The number of rotatable bonds is 8. The predicted molar refractivity (Wildman–Crippen MR) is 112 cm³/mol. The lowest BCUT2D eigenvalue weighted by molar-refractivity contribution is -0.141. The quantitative estimate of drug-likeness (QED) is 0.347. The molecule has 1 heterocycles. The molecule has 7 nitrogen and oxygen atoms in total. The van der Waals surface area contributed by atoms with Crippen LogP contribution in [0.5, 0.6) is 0 Å². The molecule has 1 N–H and O–H groups in total. The Morgan fingerprint density at radius 2 is 1.83 bits per heavy atom. The van der Waals surface area contributed by atoms with E-state index in [1.165, 1.54) is 11.7 Å². The number of amides is 1. The van der Waals surface area contributed by atoms with Crippen LogP contribution in [0.4, 0.5) is 0 Å². The van der Waals surface area contributed by atoms with E-state index in [-0.39, 0.29) is 23.8 Å². The van der Waals surface area contributed by atoms with Gasteiger partial charge in [0.15, 0.2) is 5.16 Å². The molecule has 0 bridgehead atoms. The van der Waals surface area contributed by atoms with Crippen molar-refractivity contribution < 1.29 is 14.3 Å². The van der Waals surface area contributed by atoms with Crippen LogP contribution in [-0.4, -0.2) is 40.8 Å². The molecule has 3 aromatic rings. The van der Waals surface area contributed by atoms with Gasteiger partial charge in [0.2, 0.25) is 5.91 Å². The topological polar surface area (TPSA) is 90.3 Å². The van der Waals surface area contributed by atoms with Gasteiger partial charge in [0.05, 0.1) is 23.8 Å². The Bertz CT molecular complexity index is 1070. The fraction of sp³-hybridized carbons (Fsp3) is 0.238. The number of aromatic nitrogens is 2. The van der Waals surface area contributed by atoms with E-state index in [4.69, 9.17) is 0 Å². The average molecular weight is 411 g/mol. The molecule has 0 aliphatic rings. The van der Waals surface area contributed by atoms with E-state index in [1.54, 1.807) is 24.3 Å². The minimum Gasteiger partial charge on any atom is -0.468 e. The van der Waals surface area contributed by atoms with E-state index in [0.717, 1.165) is 23.7 Å². The molecule has 0 saturated heterocycles. The molecule has 3 rings (SSSR count). The van der Waals surface area contributed by atoms with Crippen LogP contribution in [0, 0.1) is 0 Å². The van der Waals surface area contributed by atoms with Crippen LogP contribution in [0.2, 0.25) is 0 Å². The van der Waals surface area contributed by atoms with Crippen LogP contribution < -0.4 is 10.9 Å². The largest absolute Gasteiger partial charge is 0.468 e. The van der Waals surface area contributed by atoms with E-state index >= 15 is 0 Å². The zero-order chi connectivity index (χ0) is 20.6. The molecular weight excluding hydrogens is 390 g/mol. The lowest BCUT2D eigenvalue weighted by Crippen LogP contribution is -2.30. The van der Waals surface area contributed by atoms with E-state index in [9.17, 15) is 14.4 Å². The minimum atomic E-state index is -0.557. The Morgan fingerprint density at radius 3 is 2.59 bits per heavy atom. The van der Waals surface area contributed by atoms with Crippen LogP contribution in [0.25, 0.3) is 10.9 Å². The Morgan fingerprint density at radius 1 is 1.10 bits per heavy atom. The third-order valence-electron chi connectivity index (χ3n) is 4.25. The second-order valence-corrected chi connectivity index (χ2v) is 7.20. The van der Waals surface area contributed by atoms with Gasteiger partial charge in [0, 0.05) is 6.54 Å². The Labute approximate surface area is 172 Å². The molecule has 0 radical (unpaired) electrons. The van der Waals surface area contributed by atoms with E-state index in [2.05, 4.69) is 15.0 Å². The van der Waals surface area contributed by atoms with Gasteiger partial charge in [0.25, 0.3) is 5.56 Å². The number of nitrogens with zero attached hydrogens (tertiary/aromatic N) is 2. The van der Waals surface area contributed by atoms with Crippen molar-refractivity contribution in [2.24, 2.45) is 0 Å². The molecule has 0 aliphatic heterocycles. The fourth-order valence-electron chi connectivity index (χ4n) is 2.76. The number of carbonyl (C=O) groups excluding carboxylic acids is 2. The Kier molecular flexibility index (Phi) is 7.02. The third kappa shape index (κ3) is 5.45. The summed E-state index contributed by atoms with van der Waals surface area (Å²) in [4.78, 5) is 41.2. The van der Waals surface area contributed by atoms with Gasteiger partial charge in [0.1, 0.15) is 6.54 Å². The second kappa shape index (κ2) is 9.88. The van der Waals surface area contributed by atoms with Gasteiger partial charge < -0.3 is 10.1 Å². The number of methoxy groups -OCH3 is 1. The molecule has 2 aromatic carbocycles. The summed E-state index contributed by atoms with van der Waals surface area (Å²) in [5.74, 6) is -0.642. The van der Waals surface area contributed by atoms with Crippen molar-refractivity contribution in [3.05, 3.63) is 70.5 Å². The van der Waals surface area contributed by atoms with Crippen molar-refractivity contribution in [3.8, 4) is 0 Å². The number of nitrogens with one attached hydrogen (secondary N) is 1. The summed E-state index contributed by atoms with van der Waals surface area (Å²) in [5.41, 5.74) is 1.32. The molecule has 29 heavy (non-hydrogen) atoms. The van der Waals surface area contributed by atoms with E-state index in [0.29, 0.717) is 22.6 Å². The minimum absolute atomic E-state index is 0.0841. The maximum absolute atomic E-state index is 12.8. The standard InChI is InChI=1S/C21H21N3O4S/c1-28-19(26)13-24-20(27)16-9-5-6-10-17(16)23-21(24)29-14-18(25)22-12-11-15-7-3-2-4-8-15/h2-10H,11-14H2,1H3,(H,22,25). The van der Waals surface area contributed by atoms with Crippen LogP contribution >= 0.6 is 11.8 Å². The summed E-state index contributed by atoms with van der Waals surface area (Å²) >= 11 is 1.11. The summed E-state index contributed by atoms with van der Waals surface area (Å²) in [6.45, 7) is 0.259. The molecule has 0 fully saturated rings. The van der Waals surface area contributed by atoms with Crippen LogP contribution in [-0.2, 0) is 27.3 Å². The first-order chi connectivity index (χ1) is 14.1. The Balaban J connectivity index is 1.69. The maximum atomic E-state index is 12.8. The summed E-state index contributed by atoms with van der Waals surface area (Å²) in [6, 6.07) is 16.8. The molecule has 8 heteroatoms. The molecule has 0 spiro atoms. The summed E-state index contributed by atoms with van der Waals surface area (Å²) in [7, 11) is 1.26. The van der Waals surface area contributed by atoms with Crippen molar-refractivity contribution in [1.82, 2.24) is 14.9 Å². The summed E-state index contributed by atoms with van der Waals surface area (Å²) in [6.07, 6.45) is 0.735. The molecule has 1 aromatic heterocycles. The van der Waals surface area contributed by atoms with Crippen molar-refractivity contribution >= 4 is 34.5 Å². The van der Waals surface area contributed by atoms with E-state index in [1.807, 2.05) is 30.3 Å². The van der Waals surface area contributed by atoms with Crippen molar-refractivity contribution in [2.75, 3.05) is 19.4 Å². The number of esters is 1. The number of carbonyl (C=O) groups is 2. The van der Waals surface area contributed by atoms with Crippen LogP contribution in [0.1, 0.15) is 5.56 Å². The lowest BCUT2D eigenvalue weighted by Gasteiger charge is -2.12. The maximum Gasteiger partial charge on any atom is 0.325 e. The van der Waals surface area contributed by atoms with Gasteiger partial charge in [-0.3, -0.25) is 19.0 Å². The predicted octanol–water partition coefficient (Wildman–Crippen LogP) is 2.02. The van der Waals surface area contributed by atoms with Gasteiger partial charge in [-0.15, -0.1) is 0 Å². The highest BCUT2D eigenvalue weighted by Gasteiger charge is 2.15. The Hall–Kier alpha value is -3.13. The average Bonchev–Trinajstić information content (AvgIpc) is 2.75. The number of fused-ring (bicyclic) bond motifs is 1. The third-order valence-corrected chi connectivity index (χ3v) is 5.23. The first-order valence-corrected chi connectivity index (χ1v) is 10.1. The van der Waals surface area contributed by atoms with Gasteiger partial charge >= 0.3 is 5.97 Å². The normalized spacial score (nSPS) is 10.7. The van der Waals surface area contributed by atoms with Crippen molar-refractivity contribution in [2.45, 2.75) is 18.1 Å². The number of ether oxygens (including phenoxy) is 1. The highest BCUT2D eigenvalue weighted by molar-refractivity contribution is 7.99. The summed E-state index contributed by atoms with van der Waals surface area (Å²) in [5, 5.41) is 3.57. The van der Waals surface area contributed by atoms with Crippen molar-refractivity contribution in [3.63, 3.8) is 0 Å². The SMILES string of the molecule is COC(=O)Cn1c(SCC(=O)NCCc2ccccc2)nc2ccccc2c1=O. The van der Waals surface area contributed by atoms with Crippen LogP contribution in [0.15, 0.2) is 64.5 Å². The number of hydrogen-bond acceptors (Lipinski definition) is 6. The smallest absolute Gasteiger partial charge is 0.325 e. The molecule has 0 saturated carbocycles.